The molecule has 0 saturated heterocycles. The standard InChI is InChI=1S/C14H21NOS/c1-2-17-11-5-8-14(15)9-10-16-13-7-4-3-6-12(13)14/h3-4,6-7H,2,5,8-11,15H2,1H3. The van der Waals surface area contributed by atoms with Crippen LogP contribution in [0.1, 0.15) is 31.7 Å². The highest BCUT2D eigenvalue weighted by atomic mass is 32.2. The number of rotatable bonds is 5. The Morgan fingerprint density at radius 2 is 2.24 bits per heavy atom. The average molecular weight is 251 g/mol. The molecular weight excluding hydrogens is 230 g/mol. The van der Waals surface area contributed by atoms with Gasteiger partial charge in [0.25, 0.3) is 0 Å². The van der Waals surface area contributed by atoms with Gasteiger partial charge in [-0.1, -0.05) is 25.1 Å². The molecule has 1 heterocycles. The summed E-state index contributed by atoms with van der Waals surface area (Å²) in [5, 5.41) is 0. The van der Waals surface area contributed by atoms with E-state index in [4.69, 9.17) is 10.5 Å². The number of nitrogens with two attached hydrogens (primary N) is 1. The summed E-state index contributed by atoms with van der Waals surface area (Å²) in [7, 11) is 0. The number of para-hydroxylation sites is 1. The van der Waals surface area contributed by atoms with E-state index >= 15 is 0 Å². The molecule has 0 aromatic heterocycles. The number of hydrogen-bond donors (Lipinski definition) is 1. The van der Waals surface area contributed by atoms with Crippen LogP contribution in [-0.2, 0) is 5.54 Å². The normalized spacial score (nSPS) is 22.9. The summed E-state index contributed by atoms with van der Waals surface area (Å²) >= 11 is 1.99. The minimum atomic E-state index is -0.177. The van der Waals surface area contributed by atoms with Crippen molar-refractivity contribution in [3.05, 3.63) is 29.8 Å². The SMILES string of the molecule is CCSCCCC1(N)CCOc2ccccc21. The molecule has 1 unspecified atom stereocenters. The lowest BCUT2D eigenvalue weighted by molar-refractivity contribution is 0.208. The van der Waals surface area contributed by atoms with Crippen LogP contribution in [-0.4, -0.2) is 18.1 Å². The van der Waals surface area contributed by atoms with Crippen LogP contribution >= 0.6 is 11.8 Å². The third kappa shape index (κ3) is 2.96. The fraction of sp³-hybridized carbons (Fsp3) is 0.571. The zero-order valence-corrected chi connectivity index (χ0v) is 11.3. The highest BCUT2D eigenvalue weighted by Crippen LogP contribution is 2.38. The molecule has 1 aliphatic heterocycles. The molecule has 3 heteroatoms. The first-order chi connectivity index (χ1) is 8.26. The van der Waals surface area contributed by atoms with Gasteiger partial charge in [-0.3, -0.25) is 0 Å². The van der Waals surface area contributed by atoms with Crippen LogP contribution in [0.2, 0.25) is 0 Å². The molecule has 17 heavy (non-hydrogen) atoms. The molecule has 0 bridgehead atoms. The van der Waals surface area contributed by atoms with Crippen molar-refractivity contribution in [2.45, 2.75) is 31.7 Å². The first kappa shape index (κ1) is 12.8. The lowest BCUT2D eigenvalue weighted by Crippen LogP contribution is -2.41. The molecule has 1 aromatic rings. The van der Waals surface area contributed by atoms with E-state index in [1.807, 2.05) is 23.9 Å². The van der Waals surface area contributed by atoms with Gasteiger partial charge >= 0.3 is 0 Å². The summed E-state index contributed by atoms with van der Waals surface area (Å²) in [6, 6.07) is 8.20. The molecule has 0 radical (unpaired) electrons. The lowest BCUT2D eigenvalue weighted by Gasteiger charge is -2.35. The van der Waals surface area contributed by atoms with Gasteiger partial charge in [-0.05, 0) is 30.4 Å². The molecule has 0 spiro atoms. The summed E-state index contributed by atoms with van der Waals surface area (Å²) in [6.45, 7) is 2.95. The van der Waals surface area contributed by atoms with E-state index in [2.05, 4.69) is 19.1 Å². The van der Waals surface area contributed by atoms with Gasteiger partial charge in [0.15, 0.2) is 0 Å². The van der Waals surface area contributed by atoms with Crippen molar-refractivity contribution in [3.63, 3.8) is 0 Å². The summed E-state index contributed by atoms with van der Waals surface area (Å²) in [4.78, 5) is 0. The van der Waals surface area contributed by atoms with Crippen molar-refractivity contribution >= 4 is 11.8 Å². The average Bonchev–Trinajstić information content (AvgIpc) is 2.36. The minimum absolute atomic E-state index is 0.177. The van der Waals surface area contributed by atoms with Gasteiger partial charge in [0.2, 0.25) is 0 Å². The second kappa shape index (κ2) is 5.78. The molecule has 0 fully saturated rings. The summed E-state index contributed by atoms with van der Waals surface area (Å²) in [5.74, 6) is 3.37. The summed E-state index contributed by atoms with van der Waals surface area (Å²) in [5.41, 5.74) is 7.57. The van der Waals surface area contributed by atoms with Crippen molar-refractivity contribution in [2.75, 3.05) is 18.1 Å². The van der Waals surface area contributed by atoms with Gasteiger partial charge in [0.1, 0.15) is 5.75 Å². The number of ether oxygens (including phenoxy) is 1. The van der Waals surface area contributed by atoms with Gasteiger partial charge < -0.3 is 10.5 Å². The van der Waals surface area contributed by atoms with E-state index in [0.717, 1.165) is 25.2 Å². The summed E-state index contributed by atoms with van der Waals surface area (Å²) in [6.07, 6.45) is 3.17. The highest BCUT2D eigenvalue weighted by molar-refractivity contribution is 7.99. The largest absolute Gasteiger partial charge is 0.493 e. The zero-order chi connectivity index (χ0) is 12.1. The van der Waals surface area contributed by atoms with Crippen LogP contribution in [0.15, 0.2) is 24.3 Å². The quantitative estimate of drug-likeness (QED) is 0.816. The molecule has 2 N–H and O–H groups in total. The molecule has 2 rings (SSSR count). The van der Waals surface area contributed by atoms with Crippen LogP contribution in [0.3, 0.4) is 0 Å². The molecule has 1 aromatic carbocycles. The number of thioether (sulfide) groups is 1. The van der Waals surface area contributed by atoms with Crippen molar-refractivity contribution in [3.8, 4) is 5.75 Å². The maximum Gasteiger partial charge on any atom is 0.124 e. The Hall–Kier alpha value is -0.670. The Bertz CT molecular complexity index is 369. The molecule has 2 nitrogen and oxygen atoms in total. The predicted molar refractivity (Wildman–Crippen MR) is 74.7 cm³/mol. The first-order valence-corrected chi connectivity index (χ1v) is 7.51. The maximum absolute atomic E-state index is 6.56. The van der Waals surface area contributed by atoms with E-state index < -0.39 is 0 Å². The fourth-order valence-corrected chi connectivity index (χ4v) is 3.01. The third-order valence-electron chi connectivity index (χ3n) is 3.34. The molecule has 0 saturated carbocycles. The molecule has 94 valence electrons. The van der Waals surface area contributed by atoms with Crippen LogP contribution < -0.4 is 10.5 Å². The predicted octanol–water partition coefficient (Wildman–Crippen LogP) is 3.16. The molecule has 1 aliphatic rings. The molecular formula is C14H21NOS. The Labute approximate surface area is 108 Å². The molecule has 1 atom stereocenters. The number of hydrogen-bond acceptors (Lipinski definition) is 3. The Morgan fingerprint density at radius 1 is 1.41 bits per heavy atom. The van der Waals surface area contributed by atoms with Crippen LogP contribution in [0.4, 0.5) is 0 Å². The van der Waals surface area contributed by atoms with E-state index in [1.165, 1.54) is 23.5 Å². The monoisotopic (exact) mass is 251 g/mol. The second-order valence-electron chi connectivity index (χ2n) is 4.55. The Kier molecular flexibility index (Phi) is 4.35. The van der Waals surface area contributed by atoms with Crippen molar-refractivity contribution in [1.82, 2.24) is 0 Å². The van der Waals surface area contributed by atoms with Crippen molar-refractivity contribution in [1.29, 1.82) is 0 Å². The Morgan fingerprint density at radius 3 is 3.06 bits per heavy atom. The zero-order valence-electron chi connectivity index (χ0n) is 10.4. The van der Waals surface area contributed by atoms with Gasteiger partial charge in [-0.2, -0.15) is 11.8 Å². The second-order valence-corrected chi connectivity index (χ2v) is 5.95. The lowest BCUT2D eigenvalue weighted by atomic mass is 9.82. The number of fused-ring (bicyclic) bond motifs is 1. The van der Waals surface area contributed by atoms with Gasteiger partial charge in [-0.25, -0.2) is 0 Å². The van der Waals surface area contributed by atoms with E-state index in [9.17, 15) is 0 Å². The molecule has 0 amide bonds. The summed E-state index contributed by atoms with van der Waals surface area (Å²) < 4.78 is 5.66. The maximum atomic E-state index is 6.56. The first-order valence-electron chi connectivity index (χ1n) is 6.35. The van der Waals surface area contributed by atoms with E-state index in [-0.39, 0.29) is 5.54 Å². The van der Waals surface area contributed by atoms with Crippen LogP contribution in [0.25, 0.3) is 0 Å². The van der Waals surface area contributed by atoms with Gasteiger partial charge in [0.05, 0.1) is 6.61 Å². The third-order valence-corrected chi connectivity index (χ3v) is 4.33. The Balaban J connectivity index is 2.05. The van der Waals surface area contributed by atoms with Crippen molar-refractivity contribution in [2.24, 2.45) is 5.73 Å². The van der Waals surface area contributed by atoms with Gasteiger partial charge in [0, 0.05) is 17.5 Å². The smallest absolute Gasteiger partial charge is 0.124 e. The fourth-order valence-electron chi connectivity index (χ4n) is 2.38. The van der Waals surface area contributed by atoms with Crippen LogP contribution in [0.5, 0.6) is 5.75 Å². The topological polar surface area (TPSA) is 35.2 Å². The highest BCUT2D eigenvalue weighted by Gasteiger charge is 2.32. The van der Waals surface area contributed by atoms with E-state index in [0.29, 0.717) is 0 Å². The minimum Gasteiger partial charge on any atom is -0.493 e. The van der Waals surface area contributed by atoms with E-state index in [1.54, 1.807) is 0 Å². The van der Waals surface area contributed by atoms with Crippen molar-refractivity contribution < 1.29 is 4.74 Å². The van der Waals surface area contributed by atoms with Crippen LogP contribution in [0, 0.1) is 0 Å². The van der Waals surface area contributed by atoms with Gasteiger partial charge in [-0.15, -0.1) is 0 Å². The number of benzene rings is 1. The molecule has 0 aliphatic carbocycles.